The highest BCUT2D eigenvalue weighted by Gasteiger charge is 2.36. The molecular weight excluding hydrogens is 450 g/mol. The van der Waals surface area contributed by atoms with Gasteiger partial charge in [0.05, 0.1) is 20.0 Å². The van der Waals surface area contributed by atoms with Crippen molar-refractivity contribution in [2.45, 2.75) is 31.7 Å². The molecule has 5 rings (SSSR count). The van der Waals surface area contributed by atoms with Gasteiger partial charge < -0.3 is 19.5 Å². The Balaban J connectivity index is 1.28. The summed E-state index contributed by atoms with van der Waals surface area (Å²) < 4.78 is 6.94. The topological polar surface area (TPSA) is 80.6 Å². The SMILES string of the molecule is COc1ccc(CC(=O)Nc2ccc3n(c2=O)C[C@H]2C[C@@H]3CN(C(=O)Cc3cccs3)C2)cc1. The van der Waals surface area contributed by atoms with Gasteiger partial charge in [-0.2, -0.15) is 0 Å². The van der Waals surface area contributed by atoms with Gasteiger partial charge in [-0.25, -0.2) is 0 Å². The van der Waals surface area contributed by atoms with Gasteiger partial charge in [0.2, 0.25) is 11.8 Å². The van der Waals surface area contributed by atoms with Crippen molar-refractivity contribution in [3.05, 3.63) is 80.4 Å². The fourth-order valence-electron chi connectivity index (χ4n) is 5.04. The van der Waals surface area contributed by atoms with Gasteiger partial charge in [-0.15, -0.1) is 11.3 Å². The van der Waals surface area contributed by atoms with Gasteiger partial charge in [-0.3, -0.25) is 14.4 Å². The first-order valence-corrected chi connectivity index (χ1v) is 12.3. The van der Waals surface area contributed by atoms with Gasteiger partial charge in [0.15, 0.2) is 0 Å². The number of carbonyl (C=O) groups excluding carboxylic acids is 2. The average Bonchev–Trinajstić information content (AvgIpc) is 3.34. The second-order valence-corrected chi connectivity index (χ2v) is 10.0. The van der Waals surface area contributed by atoms with E-state index in [1.54, 1.807) is 29.1 Å². The third-order valence-corrected chi connectivity index (χ3v) is 7.54. The summed E-state index contributed by atoms with van der Waals surface area (Å²) in [6, 6.07) is 14.9. The van der Waals surface area contributed by atoms with Gasteiger partial charge in [-0.05, 0) is 53.6 Å². The highest BCUT2D eigenvalue weighted by Crippen LogP contribution is 2.35. The quantitative estimate of drug-likeness (QED) is 0.591. The van der Waals surface area contributed by atoms with E-state index in [0.717, 1.165) is 28.3 Å². The Kier molecular flexibility index (Phi) is 6.24. The maximum Gasteiger partial charge on any atom is 0.274 e. The number of thiophene rings is 1. The Morgan fingerprint density at radius 3 is 2.62 bits per heavy atom. The first-order valence-electron chi connectivity index (χ1n) is 11.5. The number of amides is 2. The molecule has 2 bridgehead atoms. The van der Waals surface area contributed by atoms with Gasteiger partial charge >= 0.3 is 0 Å². The Hall–Kier alpha value is -3.39. The van der Waals surface area contributed by atoms with Crippen LogP contribution < -0.4 is 15.6 Å². The van der Waals surface area contributed by atoms with Crippen LogP contribution in [0, 0.1) is 5.92 Å². The fourth-order valence-corrected chi connectivity index (χ4v) is 5.74. The predicted molar refractivity (Wildman–Crippen MR) is 131 cm³/mol. The molecule has 176 valence electrons. The molecule has 0 saturated carbocycles. The number of nitrogens with one attached hydrogen (secondary N) is 1. The highest BCUT2D eigenvalue weighted by atomic mass is 32.1. The number of methoxy groups -OCH3 is 1. The van der Waals surface area contributed by atoms with Crippen molar-refractivity contribution in [1.82, 2.24) is 9.47 Å². The van der Waals surface area contributed by atoms with Crippen LogP contribution in [-0.4, -0.2) is 41.5 Å². The lowest BCUT2D eigenvalue weighted by molar-refractivity contribution is -0.133. The lowest BCUT2D eigenvalue weighted by atomic mass is 9.83. The van der Waals surface area contributed by atoms with Gasteiger partial charge in [-0.1, -0.05) is 18.2 Å². The fraction of sp³-hybridized carbons (Fsp3) is 0.346. The van der Waals surface area contributed by atoms with E-state index in [0.29, 0.717) is 31.7 Å². The molecule has 34 heavy (non-hydrogen) atoms. The van der Waals surface area contributed by atoms with Crippen LogP contribution in [0.25, 0.3) is 0 Å². The second-order valence-electron chi connectivity index (χ2n) is 9.01. The molecule has 0 aliphatic carbocycles. The number of aromatic nitrogens is 1. The van der Waals surface area contributed by atoms with E-state index in [4.69, 9.17) is 4.74 Å². The molecule has 0 unspecified atom stereocenters. The van der Waals surface area contributed by atoms with Crippen LogP contribution in [0.3, 0.4) is 0 Å². The normalized spacial score (nSPS) is 18.8. The molecule has 2 aliphatic rings. The summed E-state index contributed by atoms with van der Waals surface area (Å²) in [6.07, 6.45) is 1.59. The number of hydrogen-bond donors (Lipinski definition) is 1. The minimum atomic E-state index is -0.232. The predicted octanol–water partition coefficient (Wildman–Crippen LogP) is 3.29. The molecule has 4 heterocycles. The third kappa shape index (κ3) is 4.63. The summed E-state index contributed by atoms with van der Waals surface area (Å²) in [5.41, 5.74) is 1.92. The summed E-state index contributed by atoms with van der Waals surface area (Å²) in [6.45, 7) is 1.86. The van der Waals surface area contributed by atoms with Crippen molar-refractivity contribution < 1.29 is 14.3 Å². The van der Waals surface area contributed by atoms with E-state index < -0.39 is 0 Å². The van der Waals surface area contributed by atoms with E-state index in [1.807, 2.05) is 52.7 Å². The number of hydrogen-bond acceptors (Lipinski definition) is 5. The van der Waals surface area contributed by atoms with Crippen LogP contribution in [0.2, 0.25) is 0 Å². The number of rotatable bonds is 6. The number of benzene rings is 1. The lowest BCUT2D eigenvalue weighted by Crippen LogP contribution is -2.49. The zero-order valence-corrected chi connectivity index (χ0v) is 19.8. The van der Waals surface area contributed by atoms with Crippen molar-refractivity contribution in [3.8, 4) is 5.75 Å². The summed E-state index contributed by atoms with van der Waals surface area (Å²) in [5, 5.41) is 4.78. The van der Waals surface area contributed by atoms with E-state index in [2.05, 4.69) is 5.32 Å². The Morgan fingerprint density at radius 2 is 1.88 bits per heavy atom. The third-order valence-electron chi connectivity index (χ3n) is 6.66. The van der Waals surface area contributed by atoms with E-state index in [9.17, 15) is 14.4 Å². The molecule has 0 radical (unpaired) electrons. The molecule has 8 heteroatoms. The smallest absolute Gasteiger partial charge is 0.274 e. The largest absolute Gasteiger partial charge is 0.497 e. The molecule has 1 saturated heterocycles. The van der Waals surface area contributed by atoms with Crippen LogP contribution >= 0.6 is 11.3 Å². The average molecular weight is 478 g/mol. The molecular formula is C26H27N3O4S. The molecule has 7 nitrogen and oxygen atoms in total. The van der Waals surface area contributed by atoms with Crippen molar-refractivity contribution >= 4 is 28.8 Å². The van der Waals surface area contributed by atoms with Crippen LogP contribution in [0.15, 0.2) is 58.7 Å². The van der Waals surface area contributed by atoms with Crippen molar-refractivity contribution in [2.24, 2.45) is 5.92 Å². The standard InChI is InChI=1S/C26H27N3O4S/c1-33-20-6-4-17(5-7-20)12-24(30)27-22-8-9-23-19-11-18(15-29(23)26(22)32)14-28(16-19)25(31)13-21-3-2-10-34-21/h2-10,18-19H,11-16H2,1H3,(H,27,30)/t18-,19+/m0/s1. The van der Waals surface area contributed by atoms with E-state index >= 15 is 0 Å². The van der Waals surface area contributed by atoms with Crippen molar-refractivity contribution in [2.75, 3.05) is 25.5 Å². The zero-order chi connectivity index (χ0) is 23.7. The number of piperidine rings is 1. The Bertz CT molecular complexity index is 1250. The summed E-state index contributed by atoms with van der Waals surface area (Å²) in [5.74, 6) is 1.02. The van der Waals surface area contributed by atoms with Gasteiger partial charge in [0.1, 0.15) is 11.4 Å². The van der Waals surface area contributed by atoms with Gasteiger partial charge in [0, 0.05) is 36.1 Å². The molecule has 0 spiro atoms. The van der Waals surface area contributed by atoms with Gasteiger partial charge in [0.25, 0.3) is 5.56 Å². The highest BCUT2D eigenvalue weighted by molar-refractivity contribution is 7.10. The maximum absolute atomic E-state index is 13.2. The summed E-state index contributed by atoms with van der Waals surface area (Å²) in [4.78, 5) is 41.6. The molecule has 1 fully saturated rings. The lowest BCUT2D eigenvalue weighted by Gasteiger charge is -2.43. The summed E-state index contributed by atoms with van der Waals surface area (Å²) in [7, 11) is 1.60. The summed E-state index contributed by atoms with van der Waals surface area (Å²) >= 11 is 1.60. The number of pyridine rings is 1. The molecule has 2 aromatic heterocycles. The maximum atomic E-state index is 13.2. The molecule has 1 N–H and O–H groups in total. The minimum absolute atomic E-state index is 0.136. The number of fused-ring (bicyclic) bond motifs is 4. The monoisotopic (exact) mass is 477 g/mol. The molecule has 2 amide bonds. The number of carbonyl (C=O) groups is 2. The number of likely N-dealkylation sites (tertiary alicyclic amines) is 1. The number of nitrogens with zero attached hydrogens (tertiary/aromatic N) is 2. The first kappa shape index (κ1) is 22.4. The zero-order valence-electron chi connectivity index (χ0n) is 19.0. The number of ether oxygens (including phenoxy) is 1. The van der Waals surface area contributed by atoms with Crippen LogP contribution in [-0.2, 0) is 29.0 Å². The minimum Gasteiger partial charge on any atom is -0.497 e. The molecule has 3 aromatic rings. The molecule has 1 aromatic carbocycles. The van der Waals surface area contributed by atoms with Crippen molar-refractivity contribution in [1.29, 1.82) is 0 Å². The van der Waals surface area contributed by atoms with Crippen LogP contribution in [0.1, 0.15) is 28.5 Å². The van der Waals surface area contributed by atoms with E-state index in [1.165, 1.54) is 0 Å². The first-order chi connectivity index (χ1) is 16.5. The second kappa shape index (κ2) is 9.46. The van der Waals surface area contributed by atoms with Crippen molar-refractivity contribution in [3.63, 3.8) is 0 Å². The Labute approximate surface area is 202 Å². The Morgan fingerprint density at radius 1 is 1.06 bits per heavy atom. The van der Waals surface area contributed by atoms with Crippen LogP contribution in [0.5, 0.6) is 5.75 Å². The molecule has 2 atom stereocenters. The van der Waals surface area contributed by atoms with E-state index in [-0.39, 0.29) is 35.6 Å². The number of anilines is 1. The molecule has 2 aliphatic heterocycles. The van der Waals surface area contributed by atoms with Crippen LogP contribution in [0.4, 0.5) is 5.69 Å².